The molecule has 4 rings (SSSR count). The van der Waals surface area contributed by atoms with Crippen LogP contribution in [0.1, 0.15) is 52.5 Å². The Kier molecular flexibility index (Phi) is 11.0. The summed E-state index contributed by atoms with van der Waals surface area (Å²) in [4.78, 5) is 88.5. The van der Waals surface area contributed by atoms with Crippen molar-refractivity contribution in [2.75, 3.05) is 24.2 Å². The van der Waals surface area contributed by atoms with Crippen molar-refractivity contribution in [3.8, 4) is 0 Å². The number of ether oxygens (including phenoxy) is 1. The molecule has 2 aliphatic rings. The maximum absolute atomic E-state index is 13.1. The van der Waals surface area contributed by atoms with Crippen LogP contribution >= 0.6 is 21.6 Å². The number of piperidine rings is 1. The molecular formula is C29H30N4O9S2. The van der Waals surface area contributed by atoms with E-state index in [-0.39, 0.29) is 60.4 Å². The largest absolute Gasteiger partial charge is 0.480 e. The van der Waals surface area contributed by atoms with Crippen molar-refractivity contribution < 1.29 is 43.4 Å². The highest BCUT2D eigenvalue weighted by molar-refractivity contribution is 8.76. The lowest BCUT2D eigenvalue weighted by Gasteiger charge is -2.27. The van der Waals surface area contributed by atoms with Crippen molar-refractivity contribution in [3.05, 3.63) is 65.2 Å². The molecule has 13 nitrogen and oxygen atoms in total. The first-order valence-electron chi connectivity index (χ1n) is 13.6. The van der Waals surface area contributed by atoms with Crippen LogP contribution in [0, 0.1) is 0 Å². The van der Waals surface area contributed by atoms with E-state index in [9.17, 15) is 38.7 Å². The molecule has 1 saturated heterocycles. The summed E-state index contributed by atoms with van der Waals surface area (Å²) in [6, 6.07) is 12.3. The van der Waals surface area contributed by atoms with Crippen LogP contribution in [0.25, 0.3) is 0 Å². The van der Waals surface area contributed by atoms with Crippen LogP contribution in [0.5, 0.6) is 0 Å². The molecule has 6 amide bonds. The van der Waals surface area contributed by atoms with Gasteiger partial charge in [0.25, 0.3) is 11.8 Å². The van der Waals surface area contributed by atoms with Gasteiger partial charge < -0.3 is 14.7 Å². The lowest BCUT2D eigenvalue weighted by molar-refractivity contribution is -0.144. The second kappa shape index (κ2) is 14.9. The van der Waals surface area contributed by atoms with Crippen molar-refractivity contribution >= 4 is 68.9 Å². The molecule has 232 valence electrons. The maximum Gasteiger partial charge on any atom is 0.411 e. The molecule has 3 N–H and O–H groups in total. The number of benzene rings is 2. The van der Waals surface area contributed by atoms with E-state index in [0.717, 1.165) is 10.5 Å². The summed E-state index contributed by atoms with van der Waals surface area (Å²) in [5.74, 6) is -3.65. The van der Waals surface area contributed by atoms with E-state index in [0.29, 0.717) is 5.75 Å². The number of imide groups is 2. The normalized spacial score (nSPS) is 16.7. The molecule has 44 heavy (non-hydrogen) atoms. The topological polar surface area (TPSA) is 179 Å². The molecule has 15 heteroatoms. The Bertz CT molecular complexity index is 1470. The molecule has 2 atom stereocenters. The van der Waals surface area contributed by atoms with E-state index in [4.69, 9.17) is 4.74 Å². The summed E-state index contributed by atoms with van der Waals surface area (Å²) >= 11 is 0. The number of carbonyl (C=O) groups excluding carboxylic acids is 6. The van der Waals surface area contributed by atoms with Gasteiger partial charge in [-0.1, -0.05) is 64.9 Å². The van der Waals surface area contributed by atoms with Crippen molar-refractivity contribution in [1.29, 1.82) is 0 Å². The number of fused-ring (bicyclic) bond motifs is 1. The van der Waals surface area contributed by atoms with E-state index in [1.807, 2.05) is 37.3 Å². The molecule has 0 spiro atoms. The van der Waals surface area contributed by atoms with Crippen LogP contribution in [-0.4, -0.2) is 86.7 Å². The van der Waals surface area contributed by atoms with Gasteiger partial charge in [0.15, 0.2) is 0 Å². The average Bonchev–Trinajstić information content (AvgIpc) is 3.23. The van der Waals surface area contributed by atoms with Crippen LogP contribution in [0.4, 0.5) is 10.5 Å². The summed E-state index contributed by atoms with van der Waals surface area (Å²) in [6.45, 7) is 1.64. The number of carboxylic acids is 1. The van der Waals surface area contributed by atoms with E-state index >= 15 is 0 Å². The summed E-state index contributed by atoms with van der Waals surface area (Å²) in [5, 5.41) is 13.7. The van der Waals surface area contributed by atoms with E-state index in [1.54, 1.807) is 0 Å². The molecule has 0 aliphatic carbocycles. The van der Waals surface area contributed by atoms with Gasteiger partial charge in [-0.15, -0.1) is 0 Å². The van der Waals surface area contributed by atoms with Gasteiger partial charge in [0.05, 0.1) is 16.8 Å². The van der Waals surface area contributed by atoms with Crippen molar-refractivity contribution in [3.63, 3.8) is 0 Å². The third-order valence-corrected chi connectivity index (χ3v) is 9.55. The Labute approximate surface area is 260 Å². The van der Waals surface area contributed by atoms with Gasteiger partial charge in [-0.2, -0.15) is 0 Å². The maximum atomic E-state index is 13.1. The Morgan fingerprint density at radius 1 is 1.09 bits per heavy atom. The van der Waals surface area contributed by atoms with Crippen LogP contribution < -0.4 is 10.6 Å². The lowest BCUT2D eigenvalue weighted by Crippen LogP contribution is -2.54. The fourth-order valence-electron chi connectivity index (χ4n) is 4.71. The minimum atomic E-state index is -1.13. The Hall–Kier alpha value is -4.37. The smallest absolute Gasteiger partial charge is 0.411 e. The minimum absolute atomic E-state index is 0.00755. The number of nitrogens with one attached hydrogen (secondary N) is 2. The summed E-state index contributed by atoms with van der Waals surface area (Å²) in [6.07, 6.45) is -0.722. The van der Waals surface area contributed by atoms with E-state index < -0.39 is 48.3 Å². The number of amides is 6. The molecule has 0 aromatic heterocycles. The number of anilines is 1. The predicted molar refractivity (Wildman–Crippen MR) is 162 cm³/mol. The molecule has 0 bridgehead atoms. The van der Waals surface area contributed by atoms with Crippen LogP contribution in [0.2, 0.25) is 0 Å². The van der Waals surface area contributed by atoms with Gasteiger partial charge >= 0.3 is 12.1 Å². The average molecular weight is 643 g/mol. The molecule has 2 aromatic carbocycles. The Morgan fingerprint density at radius 3 is 2.55 bits per heavy atom. The number of carboxylic acid groups (broad SMARTS) is 1. The fraction of sp³-hybridized carbons (Fsp3) is 0.345. The second-order valence-corrected chi connectivity index (χ2v) is 12.9. The Balaban J connectivity index is 1.22. The van der Waals surface area contributed by atoms with Gasteiger partial charge in [-0.3, -0.25) is 44.3 Å². The third kappa shape index (κ3) is 8.17. The summed E-state index contributed by atoms with van der Waals surface area (Å²) < 4.78 is 5.22. The van der Waals surface area contributed by atoms with Crippen molar-refractivity contribution in [1.82, 2.24) is 15.1 Å². The number of hydrogen-bond donors (Lipinski definition) is 3. The lowest BCUT2D eigenvalue weighted by atomic mass is 10.0. The first-order valence-corrected chi connectivity index (χ1v) is 16.0. The molecule has 1 unspecified atom stereocenters. The van der Waals surface area contributed by atoms with Gasteiger partial charge in [-0.25, -0.2) is 4.79 Å². The van der Waals surface area contributed by atoms with E-state index in [1.165, 1.54) is 44.7 Å². The molecule has 0 saturated carbocycles. The standard InChI is InChI=1S/C29H30N4O9S2/c1-17(14-23(35)32(16-24(36)37)15-18-6-3-2-4-7-18)44-43-13-12-42-29(41)30-20-9-5-8-19-25(20)28(40)33(27(19)39)21-10-11-22(34)31-26(21)38/h2-9,17,21H,10-16H2,1H3,(H,30,41)(H,36,37)(H,31,34,38)/t17-,21?/m1/s1. The number of rotatable bonds is 13. The number of carbonyl (C=O) groups is 7. The van der Waals surface area contributed by atoms with Crippen LogP contribution in [-0.2, 0) is 30.5 Å². The Morgan fingerprint density at radius 2 is 1.84 bits per heavy atom. The highest BCUT2D eigenvalue weighted by Gasteiger charge is 2.45. The van der Waals surface area contributed by atoms with Gasteiger partial charge in [0.1, 0.15) is 19.2 Å². The molecular weight excluding hydrogens is 612 g/mol. The zero-order valence-electron chi connectivity index (χ0n) is 23.6. The number of hydrogen-bond acceptors (Lipinski definition) is 10. The minimum Gasteiger partial charge on any atom is -0.480 e. The first-order chi connectivity index (χ1) is 21.0. The molecule has 2 aromatic rings. The molecule has 2 heterocycles. The van der Waals surface area contributed by atoms with Gasteiger partial charge in [0.2, 0.25) is 17.7 Å². The van der Waals surface area contributed by atoms with Crippen LogP contribution in [0.15, 0.2) is 48.5 Å². The van der Waals surface area contributed by atoms with Gasteiger partial charge in [-0.05, 0) is 24.1 Å². The van der Waals surface area contributed by atoms with Crippen molar-refractivity contribution in [2.24, 2.45) is 0 Å². The predicted octanol–water partition coefficient (Wildman–Crippen LogP) is 2.91. The SMILES string of the molecule is C[C@H](CC(=O)N(CC(=O)O)Cc1ccccc1)SSCCOC(=O)Nc1cccc2c1C(=O)N(C1CCC(=O)NC1=O)C2=O. The fourth-order valence-corrected chi connectivity index (χ4v) is 6.79. The first kappa shape index (κ1) is 32.5. The van der Waals surface area contributed by atoms with Crippen molar-refractivity contribution in [2.45, 2.75) is 44.0 Å². The monoisotopic (exact) mass is 642 g/mol. The highest BCUT2D eigenvalue weighted by atomic mass is 33.1. The second-order valence-electron chi connectivity index (χ2n) is 10.00. The quantitative estimate of drug-likeness (QED) is 0.166. The van der Waals surface area contributed by atoms with Crippen LogP contribution in [0.3, 0.4) is 0 Å². The summed E-state index contributed by atoms with van der Waals surface area (Å²) in [5.41, 5.74) is 0.844. The molecule has 1 fully saturated rings. The van der Waals surface area contributed by atoms with Gasteiger partial charge in [0, 0.05) is 30.4 Å². The number of nitrogens with zero attached hydrogens (tertiary/aromatic N) is 2. The zero-order valence-corrected chi connectivity index (χ0v) is 25.3. The third-order valence-electron chi connectivity index (χ3n) is 6.69. The molecule has 0 radical (unpaired) electrons. The van der Waals surface area contributed by atoms with E-state index in [2.05, 4.69) is 10.6 Å². The zero-order chi connectivity index (χ0) is 31.8. The molecule has 2 aliphatic heterocycles. The summed E-state index contributed by atoms with van der Waals surface area (Å²) in [7, 11) is 2.78. The highest BCUT2D eigenvalue weighted by Crippen LogP contribution is 2.33. The number of aliphatic carboxylic acids is 1.